The van der Waals surface area contributed by atoms with E-state index in [0.29, 0.717) is 0 Å². The van der Waals surface area contributed by atoms with Crippen LogP contribution in [0.15, 0.2) is 24.3 Å². The molecule has 1 aromatic rings. The molecule has 0 spiro atoms. The van der Waals surface area contributed by atoms with E-state index in [1.165, 1.54) is 18.4 Å². The molecule has 1 rings (SSSR count). The summed E-state index contributed by atoms with van der Waals surface area (Å²) >= 11 is -2.52. The summed E-state index contributed by atoms with van der Waals surface area (Å²) in [6, 6.07) is 7.98. The van der Waals surface area contributed by atoms with Gasteiger partial charge in [0.1, 0.15) is 0 Å². The van der Waals surface area contributed by atoms with Gasteiger partial charge in [-0.05, 0) is 0 Å². The Balaban J connectivity index is 2.69. The van der Waals surface area contributed by atoms with Crippen molar-refractivity contribution in [3.8, 4) is 5.75 Å². The Hall–Kier alpha value is 0.483. The van der Waals surface area contributed by atoms with Crippen LogP contribution >= 0.6 is 17.0 Å². The number of halogens is 2. The molecule has 0 bridgehead atoms. The molecule has 14 heavy (non-hydrogen) atoms. The Labute approximate surface area is 101 Å². The van der Waals surface area contributed by atoms with Gasteiger partial charge in [0, 0.05) is 0 Å². The van der Waals surface area contributed by atoms with Crippen LogP contribution in [0.5, 0.6) is 5.75 Å². The summed E-state index contributed by atoms with van der Waals surface area (Å²) in [7, 11) is 11.5. The van der Waals surface area contributed by atoms with Gasteiger partial charge in [0.2, 0.25) is 0 Å². The average Bonchev–Trinajstić information content (AvgIpc) is 2.16. The number of unbranched alkanes of at least 4 members (excludes halogenated alkanes) is 1. The zero-order valence-electron chi connectivity index (χ0n) is 8.09. The van der Waals surface area contributed by atoms with Crippen LogP contribution in [0.4, 0.5) is 0 Å². The summed E-state index contributed by atoms with van der Waals surface area (Å²) in [5, 5.41) is 0. The van der Waals surface area contributed by atoms with Crippen LogP contribution in [-0.4, -0.2) is 0 Å². The fraction of sp³-hybridized carbons (Fsp3) is 0.400. The van der Waals surface area contributed by atoms with Crippen LogP contribution in [0.2, 0.25) is 0 Å². The molecule has 1 aromatic carbocycles. The van der Waals surface area contributed by atoms with E-state index in [-0.39, 0.29) is 0 Å². The third-order valence-electron chi connectivity index (χ3n) is 1.96. The molecule has 0 radical (unpaired) electrons. The van der Waals surface area contributed by atoms with E-state index in [0.717, 1.165) is 12.2 Å². The van der Waals surface area contributed by atoms with Gasteiger partial charge in [-0.15, -0.1) is 0 Å². The quantitative estimate of drug-likeness (QED) is 0.790. The second-order valence-corrected chi connectivity index (χ2v) is 9.86. The summed E-state index contributed by atoms with van der Waals surface area (Å²) in [6.45, 7) is 2.17. The van der Waals surface area contributed by atoms with E-state index in [1.54, 1.807) is 0 Å². The van der Waals surface area contributed by atoms with E-state index in [2.05, 4.69) is 13.0 Å². The van der Waals surface area contributed by atoms with Crippen molar-refractivity contribution in [1.29, 1.82) is 0 Å². The number of aryl methyl sites for hydroxylation is 1. The topological polar surface area (TPSA) is 9.23 Å². The Morgan fingerprint density at radius 2 is 2.00 bits per heavy atom. The third kappa shape index (κ3) is 4.34. The molecule has 0 saturated carbocycles. The number of para-hydroxylation sites is 1. The van der Waals surface area contributed by atoms with Crippen molar-refractivity contribution in [3.05, 3.63) is 29.8 Å². The molecular weight excluding hydrogens is 298 g/mol. The van der Waals surface area contributed by atoms with E-state index < -0.39 is 19.8 Å². The average molecular weight is 311 g/mol. The molecule has 0 amide bonds. The maximum absolute atomic E-state index is 5.76. The van der Waals surface area contributed by atoms with Crippen molar-refractivity contribution in [2.24, 2.45) is 0 Å². The second-order valence-electron chi connectivity index (χ2n) is 3.04. The second kappa shape index (κ2) is 6.87. The first-order valence-electron chi connectivity index (χ1n) is 4.67. The normalized spacial score (nSPS) is 9.93. The molecule has 0 saturated heterocycles. The molecule has 0 heterocycles. The summed E-state index contributed by atoms with van der Waals surface area (Å²) in [4.78, 5) is 0. The minimum absolute atomic E-state index is 0.875. The van der Waals surface area contributed by atoms with Gasteiger partial charge in [0.25, 0.3) is 0 Å². The zero-order valence-corrected chi connectivity index (χ0v) is 12.1. The number of benzene rings is 1. The SMILES string of the molecule is CCCCc1ccccc1[O][Zr]([Cl])[Cl]. The molecule has 0 N–H and O–H groups in total. The van der Waals surface area contributed by atoms with E-state index >= 15 is 0 Å². The van der Waals surface area contributed by atoms with Crippen LogP contribution in [0.1, 0.15) is 25.3 Å². The molecule has 1 nitrogen and oxygen atoms in total. The van der Waals surface area contributed by atoms with Gasteiger partial charge < -0.3 is 0 Å². The van der Waals surface area contributed by atoms with Gasteiger partial charge in [0.05, 0.1) is 0 Å². The van der Waals surface area contributed by atoms with Gasteiger partial charge in [-0.2, -0.15) is 0 Å². The van der Waals surface area contributed by atoms with Crippen molar-refractivity contribution in [2.45, 2.75) is 26.2 Å². The fourth-order valence-electron chi connectivity index (χ4n) is 1.26. The van der Waals surface area contributed by atoms with Crippen LogP contribution in [0.3, 0.4) is 0 Å². The van der Waals surface area contributed by atoms with E-state index in [4.69, 9.17) is 19.8 Å². The van der Waals surface area contributed by atoms with E-state index in [1.807, 2.05) is 18.2 Å². The molecule has 0 aliphatic heterocycles. The van der Waals surface area contributed by atoms with Gasteiger partial charge in [-0.3, -0.25) is 0 Å². The van der Waals surface area contributed by atoms with Gasteiger partial charge in [-0.1, -0.05) is 0 Å². The fourth-order valence-corrected chi connectivity index (χ4v) is 3.14. The van der Waals surface area contributed by atoms with Gasteiger partial charge in [-0.25, -0.2) is 0 Å². The van der Waals surface area contributed by atoms with Crippen molar-refractivity contribution < 1.29 is 22.6 Å². The maximum atomic E-state index is 5.76. The Bertz CT molecular complexity index is 279. The molecule has 0 aliphatic rings. The van der Waals surface area contributed by atoms with Crippen molar-refractivity contribution in [1.82, 2.24) is 0 Å². The number of hydrogen-bond donors (Lipinski definition) is 0. The monoisotopic (exact) mass is 309 g/mol. The molecular formula is C10H13Cl2OZr. The first-order valence-corrected chi connectivity index (χ1v) is 12.0. The molecule has 0 aromatic heterocycles. The van der Waals surface area contributed by atoms with Crippen molar-refractivity contribution in [2.75, 3.05) is 0 Å². The predicted molar refractivity (Wildman–Crippen MR) is 57.4 cm³/mol. The van der Waals surface area contributed by atoms with E-state index in [9.17, 15) is 0 Å². The standard InChI is InChI=1S/C10H14O.2ClH.Zr/c1-2-3-6-9-7-4-5-8-10(9)11;;;/h4-5,7-8,11H,2-3,6H2,1H3;2*1H;/q;;;+3/p-3. The summed E-state index contributed by atoms with van der Waals surface area (Å²) in [6.07, 6.45) is 3.39. The molecule has 0 atom stereocenters. The Morgan fingerprint density at radius 3 is 2.64 bits per heavy atom. The third-order valence-corrected chi connectivity index (χ3v) is 3.79. The van der Waals surface area contributed by atoms with Crippen LogP contribution in [0, 0.1) is 0 Å². The summed E-state index contributed by atoms with van der Waals surface area (Å²) in [5.41, 5.74) is 1.22. The predicted octanol–water partition coefficient (Wildman–Crippen LogP) is 4.25. The van der Waals surface area contributed by atoms with Crippen LogP contribution in [-0.2, 0) is 26.2 Å². The minimum atomic E-state index is -2.52. The summed E-state index contributed by atoms with van der Waals surface area (Å²) in [5.74, 6) is 0.875. The Kier molecular flexibility index (Phi) is 6.16. The van der Waals surface area contributed by atoms with Crippen LogP contribution < -0.4 is 2.81 Å². The first-order chi connectivity index (χ1) is 6.74. The molecule has 0 aliphatic carbocycles. The summed E-state index contributed by atoms with van der Waals surface area (Å²) < 4.78 is 5.47. The number of rotatable bonds is 5. The molecule has 77 valence electrons. The van der Waals surface area contributed by atoms with Gasteiger partial charge in [0.15, 0.2) is 0 Å². The number of hydrogen-bond acceptors (Lipinski definition) is 1. The Morgan fingerprint density at radius 1 is 1.29 bits per heavy atom. The first kappa shape index (κ1) is 12.6. The van der Waals surface area contributed by atoms with Gasteiger partial charge >= 0.3 is 101 Å². The van der Waals surface area contributed by atoms with Crippen molar-refractivity contribution in [3.63, 3.8) is 0 Å². The van der Waals surface area contributed by atoms with Crippen molar-refractivity contribution >= 4 is 17.0 Å². The van der Waals surface area contributed by atoms with Crippen LogP contribution in [0.25, 0.3) is 0 Å². The zero-order chi connectivity index (χ0) is 10.4. The molecule has 0 fully saturated rings. The molecule has 4 heteroatoms. The molecule has 0 unspecified atom stereocenters.